The van der Waals surface area contributed by atoms with Crippen molar-refractivity contribution in [2.75, 3.05) is 0 Å². The lowest BCUT2D eigenvalue weighted by Gasteiger charge is -1.99. The average Bonchev–Trinajstić information content (AvgIpc) is 2.61. The number of carboxylic acids is 1. The van der Waals surface area contributed by atoms with Crippen LogP contribution < -0.4 is 0 Å². The van der Waals surface area contributed by atoms with Crippen LogP contribution in [0.4, 0.5) is 0 Å². The Kier molecular flexibility index (Phi) is 2.21. The Labute approximate surface area is 85.8 Å². The number of nitrogens with zero attached hydrogens (tertiary/aromatic N) is 2. The minimum atomic E-state index is -1.04. The molecule has 2 N–H and O–H groups in total. The molecule has 0 fully saturated rings. The predicted octanol–water partition coefficient (Wildman–Crippen LogP) is 1.48. The second-order valence-electron chi connectivity index (χ2n) is 3.12. The van der Waals surface area contributed by atoms with Crippen molar-refractivity contribution < 1.29 is 9.90 Å². The van der Waals surface area contributed by atoms with Gasteiger partial charge in [-0.15, -0.1) is 0 Å². The maximum Gasteiger partial charge on any atom is 0.357 e. The van der Waals surface area contributed by atoms with Crippen molar-refractivity contribution in [3.05, 3.63) is 35.9 Å². The number of carbonyl (C=O) groups is 1. The van der Waals surface area contributed by atoms with E-state index >= 15 is 0 Å². The Hall–Kier alpha value is -2.17. The van der Waals surface area contributed by atoms with Crippen LogP contribution in [-0.4, -0.2) is 26.3 Å². The molecule has 0 aliphatic heterocycles. The molecule has 76 valence electrons. The SMILES string of the molecule is Cc1[nH]nc(C(=O)O)c1-c1cccnc1. The summed E-state index contributed by atoms with van der Waals surface area (Å²) in [6, 6.07) is 3.56. The van der Waals surface area contributed by atoms with Crippen LogP contribution in [0.3, 0.4) is 0 Å². The summed E-state index contributed by atoms with van der Waals surface area (Å²) in [7, 11) is 0. The molecule has 0 saturated heterocycles. The fourth-order valence-corrected chi connectivity index (χ4v) is 1.45. The van der Waals surface area contributed by atoms with E-state index in [0.717, 1.165) is 11.3 Å². The van der Waals surface area contributed by atoms with E-state index in [-0.39, 0.29) is 5.69 Å². The minimum Gasteiger partial charge on any atom is -0.476 e. The van der Waals surface area contributed by atoms with E-state index in [9.17, 15) is 4.79 Å². The van der Waals surface area contributed by atoms with Crippen molar-refractivity contribution in [3.8, 4) is 11.1 Å². The van der Waals surface area contributed by atoms with Crippen molar-refractivity contribution >= 4 is 5.97 Å². The number of rotatable bonds is 2. The second-order valence-corrected chi connectivity index (χ2v) is 3.12. The van der Waals surface area contributed by atoms with Crippen LogP contribution in [0.5, 0.6) is 0 Å². The summed E-state index contributed by atoms with van der Waals surface area (Å²) in [5.41, 5.74) is 2.10. The minimum absolute atomic E-state index is 0.0282. The van der Waals surface area contributed by atoms with Gasteiger partial charge in [-0.1, -0.05) is 6.07 Å². The van der Waals surface area contributed by atoms with Crippen molar-refractivity contribution in [2.24, 2.45) is 0 Å². The highest BCUT2D eigenvalue weighted by atomic mass is 16.4. The van der Waals surface area contributed by atoms with E-state index in [2.05, 4.69) is 15.2 Å². The van der Waals surface area contributed by atoms with Gasteiger partial charge in [0.25, 0.3) is 0 Å². The maximum absolute atomic E-state index is 10.9. The number of nitrogens with one attached hydrogen (secondary N) is 1. The number of carboxylic acid groups (broad SMARTS) is 1. The van der Waals surface area contributed by atoms with Crippen LogP contribution in [0.1, 0.15) is 16.2 Å². The standard InChI is InChI=1S/C10H9N3O2/c1-6-8(7-3-2-4-11-5-7)9(10(14)15)13-12-6/h2-5H,1H3,(H,12,13)(H,14,15). The van der Waals surface area contributed by atoms with E-state index < -0.39 is 5.97 Å². The van der Waals surface area contributed by atoms with E-state index in [1.165, 1.54) is 0 Å². The first-order valence-corrected chi connectivity index (χ1v) is 4.39. The highest BCUT2D eigenvalue weighted by Gasteiger charge is 2.17. The molecule has 0 radical (unpaired) electrons. The van der Waals surface area contributed by atoms with Crippen LogP contribution >= 0.6 is 0 Å². The zero-order chi connectivity index (χ0) is 10.8. The molecular formula is C10H9N3O2. The maximum atomic E-state index is 10.9. The lowest BCUT2D eigenvalue weighted by atomic mass is 10.1. The van der Waals surface area contributed by atoms with Gasteiger partial charge in [-0.2, -0.15) is 5.10 Å². The van der Waals surface area contributed by atoms with Gasteiger partial charge in [0.05, 0.1) is 0 Å². The number of hydrogen-bond donors (Lipinski definition) is 2. The molecule has 0 saturated carbocycles. The molecule has 2 aromatic rings. The summed E-state index contributed by atoms with van der Waals surface area (Å²) in [4.78, 5) is 14.9. The fraction of sp³-hybridized carbons (Fsp3) is 0.100. The Morgan fingerprint density at radius 2 is 2.33 bits per heavy atom. The highest BCUT2D eigenvalue weighted by Crippen LogP contribution is 2.24. The van der Waals surface area contributed by atoms with Gasteiger partial charge in [-0.25, -0.2) is 4.79 Å². The Balaban J connectivity index is 2.62. The summed E-state index contributed by atoms with van der Waals surface area (Å²) < 4.78 is 0. The first-order chi connectivity index (χ1) is 7.20. The molecular weight excluding hydrogens is 194 g/mol. The summed E-state index contributed by atoms with van der Waals surface area (Å²) in [5.74, 6) is -1.04. The number of H-pyrrole nitrogens is 1. The molecule has 2 heterocycles. The number of aromatic amines is 1. The molecule has 0 aromatic carbocycles. The van der Waals surface area contributed by atoms with Crippen LogP contribution in [0.25, 0.3) is 11.1 Å². The predicted molar refractivity (Wildman–Crippen MR) is 53.5 cm³/mol. The van der Waals surface area contributed by atoms with Gasteiger partial charge >= 0.3 is 5.97 Å². The first kappa shape index (κ1) is 9.39. The smallest absolute Gasteiger partial charge is 0.357 e. The average molecular weight is 203 g/mol. The zero-order valence-corrected chi connectivity index (χ0v) is 8.06. The van der Waals surface area contributed by atoms with Gasteiger partial charge in [-0.05, 0) is 13.0 Å². The number of hydrogen-bond acceptors (Lipinski definition) is 3. The number of aryl methyl sites for hydroxylation is 1. The molecule has 0 aliphatic carbocycles. The van der Waals surface area contributed by atoms with Gasteiger partial charge in [-0.3, -0.25) is 10.1 Å². The van der Waals surface area contributed by atoms with Crippen molar-refractivity contribution in [1.29, 1.82) is 0 Å². The second kappa shape index (κ2) is 3.53. The van der Waals surface area contributed by atoms with E-state index in [0.29, 0.717) is 5.56 Å². The third kappa shape index (κ3) is 1.59. The molecule has 0 amide bonds. The van der Waals surface area contributed by atoms with Crippen LogP contribution in [0.15, 0.2) is 24.5 Å². The third-order valence-electron chi connectivity index (χ3n) is 2.10. The van der Waals surface area contributed by atoms with Gasteiger partial charge in [0, 0.05) is 29.2 Å². The largest absolute Gasteiger partial charge is 0.476 e. The molecule has 0 spiro atoms. The summed E-state index contributed by atoms with van der Waals surface area (Å²) in [6.07, 6.45) is 3.25. The van der Waals surface area contributed by atoms with Crippen molar-refractivity contribution in [2.45, 2.75) is 6.92 Å². The first-order valence-electron chi connectivity index (χ1n) is 4.39. The summed E-state index contributed by atoms with van der Waals surface area (Å²) in [6.45, 7) is 1.78. The molecule has 0 atom stereocenters. The topological polar surface area (TPSA) is 78.9 Å². The molecule has 0 unspecified atom stereocenters. The van der Waals surface area contributed by atoms with Gasteiger partial charge in [0.15, 0.2) is 5.69 Å². The lowest BCUT2D eigenvalue weighted by Crippen LogP contribution is -1.99. The van der Waals surface area contributed by atoms with Crippen LogP contribution in [0.2, 0.25) is 0 Å². The quantitative estimate of drug-likeness (QED) is 0.774. The monoisotopic (exact) mass is 203 g/mol. The van der Waals surface area contributed by atoms with Crippen molar-refractivity contribution in [3.63, 3.8) is 0 Å². The third-order valence-corrected chi connectivity index (χ3v) is 2.10. The Morgan fingerprint density at radius 3 is 2.93 bits per heavy atom. The Bertz CT molecular complexity index is 491. The number of pyridine rings is 1. The van der Waals surface area contributed by atoms with Crippen LogP contribution in [-0.2, 0) is 0 Å². The fourth-order valence-electron chi connectivity index (χ4n) is 1.45. The van der Waals surface area contributed by atoms with E-state index in [1.807, 2.05) is 0 Å². The molecule has 2 rings (SSSR count). The molecule has 15 heavy (non-hydrogen) atoms. The number of aromatic nitrogens is 3. The zero-order valence-electron chi connectivity index (χ0n) is 8.06. The molecule has 5 heteroatoms. The summed E-state index contributed by atoms with van der Waals surface area (Å²) in [5, 5.41) is 15.3. The van der Waals surface area contributed by atoms with E-state index in [1.54, 1.807) is 31.5 Å². The summed E-state index contributed by atoms with van der Waals surface area (Å²) >= 11 is 0. The van der Waals surface area contributed by atoms with Gasteiger partial charge < -0.3 is 5.11 Å². The Morgan fingerprint density at radius 1 is 1.53 bits per heavy atom. The van der Waals surface area contributed by atoms with Gasteiger partial charge in [0.2, 0.25) is 0 Å². The highest BCUT2D eigenvalue weighted by molar-refractivity contribution is 5.94. The molecule has 2 aromatic heterocycles. The molecule has 0 bridgehead atoms. The lowest BCUT2D eigenvalue weighted by molar-refractivity contribution is 0.0691. The number of aromatic carboxylic acids is 1. The molecule has 5 nitrogen and oxygen atoms in total. The van der Waals surface area contributed by atoms with Crippen LogP contribution in [0, 0.1) is 6.92 Å². The van der Waals surface area contributed by atoms with Crippen molar-refractivity contribution in [1.82, 2.24) is 15.2 Å². The molecule has 0 aliphatic rings. The normalized spacial score (nSPS) is 10.2. The van der Waals surface area contributed by atoms with Gasteiger partial charge in [0.1, 0.15) is 0 Å². The van der Waals surface area contributed by atoms with E-state index in [4.69, 9.17) is 5.11 Å².